The largest absolute Gasteiger partial charge is 0.497 e. The third kappa shape index (κ3) is 6.53. The molecule has 1 saturated heterocycles. The van der Waals surface area contributed by atoms with Gasteiger partial charge in [-0.25, -0.2) is 0 Å². The number of halogens is 1. The molecule has 1 fully saturated rings. The van der Waals surface area contributed by atoms with Crippen LogP contribution in [0.15, 0.2) is 83.8 Å². The van der Waals surface area contributed by atoms with Crippen molar-refractivity contribution in [2.24, 2.45) is 0 Å². The average Bonchev–Trinajstić information content (AvgIpc) is 3.41. The zero-order valence-corrected chi connectivity index (χ0v) is 24.8. The number of benzene rings is 3. The van der Waals surface area contributed by atoms with Gasteiger partial charge in [-0.05, 0) is 110 Å². The molecular weight excluding hydrogens is 574 g/mol. The van der Waals surface area contributed by atoms with Gasteiger partial charge in [-0.1, -0.05) is 23.7 Å². The molecule has 1 aliphatic heterocycles. The van der Waals surface area contributed by atoms with Gasteiger partial charge in [-0.15, -0.1) is 0 Å². The van der Waals surface area contributed by atoms with Gasteiger partial charge in [0.05, 0.1) is 12.0 Å². The summed E-state index contributed by atoms with van der Waals surface area (Å²) in [5.41, 5.74) is 5.18. The fourth-order valence-corrected chi connectivity index (χ4v) is 5.52. The topological polar surface area (TPSA) is 89.9 Å². The Kier molecular flexibility index (Phi) is 8.70. The van der Waals surface area contributed by atoms with Crippen LogP contribution in [0.5, 0.6) is 11.5 Å². The highest BCUT2D eigenvalue weighted by molar-refractivity contribution is 8.18. The van der Waals surface area contributed by atoms with Crippen LogP contribution in [-0.2, 0) is 16.2 Å². The van der Waals surface area contributed by atoms with Gasteiger partial charge in [-0.3, -0.25) is 19.3 Å². The van der Waals surface area contributed by atoms with E-state index in [9.17, 15) is 14.4 Å². The highest BCUT2D eigenvalue weighted by Crippen LogP contribution is 2.34. The molecule has 42 heavy (non-hydrogen) atoms. The predicted molar refractivity (Wildman–Crippen MR) is 165 cm³/mol. The van der Waals surface area contributed by atoms with Gasteiger partial charge in [0.1, 0.15) is 24.7 Å². The minimum Gasteiger partial charge on any atom is -0.497 e. The van der Waals surface area contributed by atoms with Crippen LogP contribution < -0.4 is 14.8 Å². The van der Waals surface area contributed by atoms with Crippen LogP contribution >= 0.6 is 23.4 Å². The molecule has 4 aromatic rings. The molecule has 2 heterocycles. The van der Waals surface area contributed by atoms with E-state index in [4.69, 9.17) is 21.1 Å². The lowest BCUT2D eigenvalue weighted by Crippen LogP contribution is -2.36. The molecule has 8 nitrogen and oxygen atoms in total. The molecule has 1 aliphatic rings. The summed E-state index contributed by atoms with van der Waals surface area (Å²) < 4.78 is 13.1. The SMILES string of the molecule is COc1ccc(NC(=O)CN2C(=O)S/C(=C/c3cc(C)n(-c4ccc(OCc5ccc(Cl)cc5)cc4)c3C)C2=O)cc1. The number of imide groups is 1. The van der Waals surface area contributed by atoms with E-state index in [1.165, 1.54) is 0 Å². The second-order valence-electron chi connectivity index (χ2n) is 9.62. The molecule has 1 N–H and O–H groups in total. The molecule has 0 saturated carbocycles. The lowest BCUT2D eigenvalue weighted by molar-refractivity contribution is -0.127. The van der Waals surface area contributed by atoms with Gasteiger partial charge in [0, 0.05) is 27.8 Å². The fourth-order valence-electron chi connectivity index (χ4n) is 4.57. The Morgan fingerprint density at radius 1 is 0.952 bits per heavy atom. The third-order valence-corrected chi connectivity index (χ3v) is 7.88. The number of thioether (sulfide) groups is 1. The summed E-state index contributed by atoms with van der Waals surface area (Å²) in [5, 5.41) is 2.90. The number of nitrogens with zero attached hydrogens (tertiary/aromatic N) is 2. The number of hydrogen-bond donors (Lipinski definition) is 1. The quantitative estimate of drug-likeness (QED) is 0.208. The van der Waals surface area contributed by atoms with Crippen LogP contribution in [0, 0.1) is 13.8 Å². The molecule has 0 atom stereocenters. The molecule has 1 aromatic heterocycles. The third-order valence-electron chi connectivity index (χ3n) is 6.72. The molecule has 0 radical (unpaired) electrons. The lowest BCUT2D eigenvalue weighted by atomic mass is 10.2. The Balaban J connectivity index is 1.25. The van der Waals surface area contributed by atoms with Gasteiger partial charge in [0.15, 0.2) is 0 Å². The first-order chi connectivity index (χ1) is 20.2. The van der Waals surface area contributed by atoms with Crippen molar-refractivity contribution in [3.63, 3.8) is 0 Å². The standard InChI is InChI=1S/C32H28ClN3O5S/c1-20-16-23(21(2)36(20)26-10-14-28(15-11-26)41-19-22-4-6-24(33)7-5-22)17-29-31(38)35(32(39)42-29)18-30(37)34-25-8-12-27(40-3)13-9-25/h4-17H,18-19H2,1-3H3,(H,34,37)/b29-17+. The van der Waals surface area contributed by atoms with E-state index < -0.39 is 17.1 Å². The average molecular weight is 602 g/mol. The van der Waals surface area contributed by atoms with Crippen molar-refractivity contribution in [3.8, 4) is 17.2 Å². The Hall–Kier alpha value is -4.47. The van der Waals surface area contributed by atoms with Gasteiger partial charge >= 0.3 is 0 Å². The van der Waals surface area contributed by atoms with Crippen molar-refractivity contribution in [1.82, 2.24) is 9.47 Å². The molecule has 0 aliphatic carbocycles. The van der Waals surface area contributed by atoms with Crippen LogP contribution in [-0.4, -0.2) is 40.2 Å². The molecule has 3 amide bonds. The Labute approximate surface area is 252 Å². The molecule has 214 valence electrons. The summed E-state index contributed by atoms with van der Waals surface area (Å²) in [7, 11) is 1.55. The van der Waals surface area contributed by atoms with E-state index in [1.54, 1.807) is 37.5 Å². The Morgan fingerprint density at radius 2 is 1.62 bits per heavy atom. The first-order valence-corrected chi connectivity index (χ1v) is 14.3. The second kappa shape index (κ2) is 12.6. The number of ether oxygens (including phenoxy) is 2. The Bertz CT molecular complexity index is 1660. The van der Waals surface area contributed by atoms with Crippen LogP contribution in [0.3, 0.4) is 0 Å². The highest BCUT2D eigenvalue weighted by Gasteiger charge is 2.36. The number of methoxy groups -OCH3 is 1. The number of aryl methyl sites for hydroxylation is 1. The van der Waals surface area contributed by atoms with E-state index in [0.717, 1.165) is 50.6 Å². The summed E-state index contributed by atoms with van der Waals surface area (Å²) in [4.78, 5) is 39.5. The number of carbonyl (C=O) groups excluding carboxylic acids is 3. The van der Waals surface area contributed by atoms with E-state index in [-0.39, 0.29) is 11.4 Å². The number of rotatable bonds is 9. The minimum absolute atomic E-state index is 0.267. The lowest BCUT2D eigenvalue weighted by Gasteiger charge is -2.12. The van der Waals surface area contributed by atoms with Crippen LogP contribution in [0.4, 0.5) is 10.5 Å². The van der Waals surface area contributed by atoms with Gasteiger partial charge < -0.3 is 19.4 Å². The molecular formula is C32H28ClN3O5S. The zero-order chi connectivity index (χ0) is 29.8. The first-order valence-electron chi connectivity index (χ1n) is 13.1. The van der Waals surface area contributed by atoms with Crippen molar-refractivity contribution in [2.45, 2.75) is 20.5 Å². The maximum atomic E-state index is 13.1. The van der Waals surface area contributed by atoms with Crippen LogP contribution in [0.2, 0.25) is 5.02 Å². The van der Waals surface area contributed by atoms with Gasteiger partial charge in [0.2, 0.25) is 5.91 Å². The summed E-state index contributed by atoms with van der Waals surface area (Å²) in [5.74, 6) is 0.421. The van der Waals surface area contributed by atoms with E-state index in [1.807, 2.05) is 68.4 Å². The number of nitrogens with one attached hydrogen (secondary N) is 1. The fraction of sp³-hybridized carbons (Fsp3) is 0.156. The molecule has 10 heteroatoms. The molecule has 3 aromatic carbocycles. The van der Waals surface area contributed by atoms with Crippen LogP contribution in [0.25, 0.3) is 11.8 Å². The number of hydrogen-bond acceptors (Lipinski definition) is 6. The maximum absolute atomic E-state index is 13.1. The minimum atomic E-state index is -0.498. The van der Waals surface area contributed by atoms with Crippen molar-refractivity contribution in [3.05, 3.63) is 111 Å². The second-order valence-corrected chi connectivity index (χ2v) is 11.0. The zero-order valence-electron chi connectivity index (χ0n) is 23.2. The van der Waals surface area contributed by atoms with Crippen molar-refractivity contribution in [1.29, 1.82) is 0 Å². The van der Waals surface area contributed by atoms with Crippen molar-refractivity contribution in [2.75, 3.05) is 19.0 Å². The smallest absolute Gasteiger partial charge is 0.294 e. The maximum Gasteiger partial charge on any atom is 0.294 e. The molecule has 0 unspecified atom stereocenters. The van der Waals surface area contributed by atoms with Gasteiger partial charge in [0.25, 0.3) is 11.1 Å². The number of carbonyl (C=O) groups is 3. The first kappa shape index (κ1) is 29.0. The van der Waals surface area contributed by atoms with Crippen LogP contribution in [0.1, 0.15) is 22.5 Å². The highest BCUT2D eigenvalue weighted by atomic mass is 35.5. The number of aromatic nitrogens is 1. The summed E-state index contributed by atoms with van der Waals surface area (Å²) >= 11 is 6.77. The van der Waals surface area contributed by atoms with Crippen molar-refractivity contribution < 1.29 is 23.9 Å². The summed E-state index contributed by atoms with van der Waals surface area (Å²) in [6.45, 7) is 3.99. The number of amides is 3. The Morgan fingerprint density at radius 3 is 2.29 bits per heavy atom. The number of anilines is 1. The van der Waals surface area contributed by atoms with E-state index >= 15 is 0 Å². The van der Waals surface area contributed by atoms with Gasteiger partial charge in [-0.2, -0.15) is 0 Å². The van der Waals surface area contributed by atoms with E-state index in [0.29, 0.717) is 23.1 Å². The molecule has 5 rings (SSSR count). The van der Waals surface area contributed by atoms with Crippen molar-refractivity contribution >= 4 is 52.2 Å². The molecule has 0 bridgehead atoms. The predicted octanol–water partition coefficient (Wildman–Crippen LogP) is 7.01. The van der Waals surface area contributed by atoms with E-state index in [2.05, 4.69) is 9.88 Å². The summed E-state index contributed by atoms with van der Waals surface area (Å²) in [6, 6.07) is 24.0. The molecule has 0 spiro atoms. The summed E-state index contributed by atoms with van der Waals surface area (Å²) in [6.07, 6.45) is 1.70. The monoisotopic (exact) mass is 601 g/mol. The normalized spacial score (nSPS) is 14.0.